The molecule has 1 aliphatic rings. The molecule has 0 saturated carbocycles. The third-order valence-corrected chi connectivity index (χ3v) is 5.20. The maximum absolute atomic E-state index is 12.2. The normalized spacial score (nSPS) is 16.1. The van der Waals surface area contributed by atoms with Crippen molar-refractivity contribution in [2.45, 2.75) is 0 Å². The molecule has 9 nitrogen and oxygen atoms in total. The van der Waals surface area contributed by atoms with E-state index in [1.165, 1.54) is 25.4 Å². The Morgan fingerprint density at radius 3 is 2.61 bits per heavy atom. The molecule has 4 amide bonds. The molecule has 0 bridgehead atoms. The number of rotatable bonds is 4. The number of carbonyl (C=O) groups is 3. The smallest absolute Gasteiger partial charge is 0.300 e. The minimum Gasteiger partial charge on any atom is -0.300 e. The Kier molecular flexibility index (Phi) is 5.66. The number of amidine groups is 1. The molecule has 1 aliphatic heterocycles. The molecule has 0 radical (unpaired) electrons. The van der Waals surface area contributed by atoms with Gasteiger partial charge in [0.05, 0.1) is 5.69 Å². The van der Waals surface area contributed by atoms with Crippen LogP contribution in [0.1, 0.15) is 0 Å². The Hall–Kier alpha value is -2.92. The van der Waals surface area contributed by atoms with E-state index in [0.717, 1.165) is 25.5 Å². The monoisotopic (exact) mass is 462 g/mol. The van der Waals surface area contributed by atoms with Crippen molar-refractivity contribution in [3.8, 4) is 11.3 Å². The van der Waals surface area contributed by atoms with Gasteiger partial charge >= 0.3 is 6.03 Å². The van der Waals surface area contributed by atoms with E-state index in [9.17, 15) is 14.4 Å². The number of nitrogens with one attached hydrogen (secondary N) is 2. The summed E-state index contributed by atoms with van der Waals surface area (Å²) < 4.78 is 0.958. The molecule has 0 spiro atoms. The van der Waals surface area contributed by atoms with E-state index in [4.69, 9.17) is 5.41 Å². The Labute approximate surface area is 172 Å². The van der Waals surface area contributed by atoms with Crippen LogP contribution in [0.5, 0.6) is 0 Å². The minimum absolute atomic E-state index is 0.241. The van der Waals surface area contributed by atoms with Crippen LogP contribution in [-0.2, 0) is 9.59 Å². The summed E-state index contributed by atoms with van der Waals surface area (Å²) in [6.45, 7) is -0.369. The number of thiazole rings is 1. The van der Waals surface area contributed by atoms with E-state index in [1.807, 2.05) is 29.6 Å². The van der Waals surface area contributed by atoms with Gasteiger partial charge in [0, 0.05) is 29.5 Å². The maximum atomic E-state index is 12.2. The van der Waals surface area contributed by atoms with Crippen LogP contribution in [0, 0.1) is 5.41 Å². The van der Waals surface area contributed by atoms with Crippen LogP contribution in [0.3, 0.4) is 0 Å². The molecular formula is C17H15BrN6O3S. The number of urea groups is 1. The van der Waals surface area contributed by atoms with Crippen molar-refractivity contribution in [2.75, 3.05) is 26.0 Å². The first kappa shape index (κ1) is 19.8. The molecular weight excluding hydrogens is 448 g/mol. The lowest BCUT2D eigenvalue weighted by Gasteiger charge is -2.29. The fraction of sp³-hybridized carbons (Fsp3) is 0.176. The van der Waals surface area contributed by atoms with E-state index in [-0.39, 0.29) is 18.1 Å². The number of halogens is 1. The highest BCUT2D eigenvalue weighted by atomic mass is 79.9. The lowest BCUT2D eigenvalue weighted by molar-refractivity contribution is -0.120. The Balaban J connectivity index is 1.67. The number of aromatic nitrogens is 1. The molecule has 28 heavy (non-hydrogen) atoms. The third kappa shape index (κ3) is 3.99. The van der Waals surface area contributed by atoms with Crippen LogP contribution < -0.4 is 5.32 Å². The van der Waals surface area contributed by atoms with Crippen LogP contribution in [0.2, 0.25) is 0 Å². The van der Waals surface area contributed by atoms with Crippen molar-refractivity contribution in [3.63, 3.8) is 0 Å². The summed E-state index contributed by atoms with van der Waals surface area (Å²) in [5, 5.41) is 12.7. The van der Waals surface area contributed by atoms with Crippen molar-refractivity contribution in [3.05, 3.63) is 34.1 Å². The van der Waals surface area contributed by atoms with Gasteiger partial charge in [0.2, 0.25) is 5.91 Å². The van der Waals surface area contributed by atoms with Crippen LogP contribution in [0.4, 0.5) is 9.93 Å². The summed E-state index contributed by atoms with van der Waals surface area (Å²) in [6.07, 6.45) is 0. The number of amides is 4. The number of hydrogen-bond donors (Lipinski definition) is 2. The zero-order valence-corrected chi connectivity index (χ0v) is 17.3. The summed E-state index contributed by atoms with van der Waals surface area (Å²) in [4.78, 5) is 46.1. The van der Waals surface area contributed by atoms with Crippen molar-refractivity contribution < 1.29 is 14.4 Å². The lowest BCUT2D eigenvalue weighted by atomic mass is 10.2. The van der Waals surface area contributed by atoms with E-state index in [1.54, 1.807) is 0 Å². The fourth-order valence-electron chi connectivity index (χ4n) is 2.36. The first-order valence-corrected chi connectivity index (χ1v) is 9.65. The van der Waals surface area contributed by atoms with E-state index in [2.05, 4.69) is 31.2 Å². The largest absolute Gasteiger partial charge is 0.332 e. The van der Waals surface area contributed by atoms with E-state index in [0.29, 0.717) is 5.13 Å². The Morgan fingerprint density at radius 1 is 1.25 bits per heavy atom. The summed E-state index contributed by atoms with van der Waals surface area (Å²) >= 11 is 4.64. The van der Waals surface area contributed by atoms with Crippen LogP contribution >= 0.6 is 27.3 Å². The predicted octanol–water partition coefficient (Wildman–Crippen LogP) is 2.45. The fourth-order valence-corrected chi connectivity index (χ4v) is 3.36. The summed E-state index contributed by atoms with van der Waals surface area (Å²) in [6, 6.07) is 6.99. The number of anilines is 1. The first-order valence-electron chi connectivity index (χ1n) is 7.98. The minimum atomic E-state index is -0.715. The number of hydrogen-bond acceptors (Lipinski definition) is 7. The molecule has 1 saturated heterocycles. The molecule has 1 fully saturated rings. The number of nitrogens with zero attached hydrogens (tertiary/aromatic N) is 4. The SMILES string of the molecule is CN1C(=N)C(=NCC(=O)Nc2nc(-c3ccc(Br)cc3)cs2)C(=O)N(C)C1=O. The highest BCUT2D eigenvalue weighted by Crippen LogP contribution is 2.26. The Bertz CT molecular complexity index is 975. The first-order chi connectivity index (χ1) is 13.3. The topological polar surface area (TPSA) is 119 Å². The van der Waals surface area contributed by atoms with Crippen LogP contribution in [0.25, 0.3) is 11.3 Å². The molecule has 0 atom stereocenters. The second kappa shape index (κ2) is 7.98. The molecule has 0 aliphatic carbocycles. The summed E-state index contributed by atoms with van der Waals surface area (Å²) in [7, 11) is 2.66. The predicted molar refractivity (Wildman–Crippen MR) is 110 cm³/mol. The van der Waals surface area contributed by atoms with Gasteiger partial charge < -0.3 is 5.32 Å². The maximum Gasteiger partial charge on any atom is 0.332 e. The van der Waals surface area contributed by atoms with Gasteiger partial charge in [-0.2, -0.15) is 0 Å². The average molecular weight is 463 g/mol. The van der Waals surface area contributed by atoms with Gasteiger partial charge in [-0.05, 0) is 12.1 Å². The van der Waals surface area contributed by atoms with Gasteiger partial charge in [0.25, 0.3) is 5.91 Å². The van der Waals surface area contributed by atoms with Crippen molar-refractivity contribution in [1.29, 1.82) is 5.41 Å². The molecule has 2 N–H and O–H groups in total. The van der Waals surface area contributed by atoms with E-state index < -0.39 is 17.8 Å². The molecule has 2 heterocycles. The van der Waals surface area contributed by atoms with Gasteiger partial charge in [-0.15, -0.1) is 11.3 Å². The standard InChI is InChI=1S/C17H15BrN6O3S/c1-23-14(19)13(15(26)24(2)17(23)27)20-7-12(25)22-16-21-11(8-28-16)9-3-5-10(18)6-4-9/h3-6,8,19H,7H2,1-2H3,(H,21,22,25). The number of benzene rings is 1. The quantitative estimate of drug-likeness (QED) is 0.724. The third-order valence-electron chi connectivity index (χ3n) is 3.91. The van der Waals surface area contributed by atoms with Gasteiger partial charge in [-0.3, -0.25) is 29.8 Å². The number of imide groups is 1. The van der Waals surface area contributed by atoms with Crippen molar-refractivity contribution >= 4 is 61.8 Å². The van der Waals surface area contributed by atoms with Gasteiger partial charge in [0.15, 0.2) is 16.7 Å². The van der Waals surface area contributed by atoms with Crippen LogP contribution in [-0.4, -0.2) is 64.8 Å². The van der Waals surface area contributed by atoms with E-state index >= 15 is 0 Å². The second-order valence-corrected chi connectivity index (χ2v) is 7.59. The van der Waals surface area contributed by atoms with Crippen molar-refractivity contribution in [1.82, 2.24) is 14.8 Å². The average Bonchev–Trinajstić information content (AvgIpc) is 3.13. The molecule has 3 rings (SSSR count). The molecule has 2 aromatic rings. The van der Waals surface area contributed by atoms with Gasteiger partial charge in [0.1, 0.15) is 6.54 Å². The zero-order chi connectivity index (χ0) is 20.4. The highest BCUT2D eigenvalue weighted by molar-refractivity contribution is 9.10. The lowest BCUT2D eigenvalue weighted by Crippen LogP contribution is -2.57. The van der Waals surface area contributed by atoms with Gasteiger partial charge in [-0.1, -0.05) is 28.1 Å². The number of carbonyl (C=O) groups excluding carboxylic acids is 3. The van der Waals surface area contributed by atoms with Crippen molar-refractivity contribution in [2.24, 2.45) is 4.99 Å². The molecule has 1 aromatic carbocycles. The summed E-state index contributed by atoms with van der Waals surface area (Å²) in [5.74, 6) is -1.53. The van der Waals surface area contributed by atoms with Crippen LogP contribution in [0.15, 0.2) is 39.1 Å². The molecule has 1 aromatic heterocycles. The molecule has 0 unspecified atom stereocenters. The molecule has 11 heteroatoms. The highest BCUT2D eigenvalue weighted by Gasteiger charge is 2.36. The molecule has 144 valence electrons. The Morgan fingerprint density at radius 2 is 1.93 bits per heavy atom. The number of aliphatic imine (C=N–C) groups is 1. The summed E-state index contributed by atoms with van der Waals surface area (Å²) in [5.41, 5.74) is 1.40. The van der Waals surface area contributed by atoms with Gasteiger partial charge in [-0.25, -0.2) is 9.78 Å². The second-order valence-electron chi connectivity index (χ2n) is 5.81. The zero-order valence-electron chi connectivity index (χ0n) is 14.9.